The lowest BCUT2D eigenvalue weighted by Gasteiger charge is -2.01. The van der Waals surface area contributed by atoms with E-state index in [0.717, 1.165) is 5.56 Å². The smallest absolute Gasteiger partial charge is 0.277 e. The van der Waals surface area contributed by atoms with Crippen LogP contribution < -0.4 is 5.32 Å². The molecule has 0 aliphatic heterocycles. The summed E-state index contributed by atoms with van der Waals surface area (Å²) in [5.74, 6) is -0.564. The van der Waals surface area contributed by atoms with E-state index < -0.39 is 5.91 Å². The summed E-state index contributed by atoms with van der Waals surface area (Å²) in [4.78, 5) is 15.9. The van der Waals surface area contributed by atoms with Crippen LogP contribution in [0.25, 0.3) is 0 Å². The average Bonchev–Trinajstić information content (AvgIpc) is 3.08. The number of benzene rings is 1. The van der Waals surface area contributed by atoms with Crippen molar-refractivity contribution in [2.45, 2.75) is 6.54 Å². The average molecular weight is 365 g/mol. The van der Waals surface area contributed by atoms with Gasteiger partial charge in [-0.2, -0.15) is 5.10 Å². The molecule has 0 saturated heterocycles. The highest BCUT2D eigenvalue weighted by molar-refractivity contribution is 9.10. The molecule has 22 heavy (non-hydrogen) atoms. The summed E-state index contributed by atoms with van der Waals surface area (Å²) in [6.07, 6.45) is 2.94. The number of nitrogens with zero attached hydrogens (tertiary/aromatic N) is 4. The minimum atomic E-state index is -0.409. The molecule has 2 heterocycles. The molecule has 7 nitrogen and oxygen atoms in total. The molecule has 0 spiro atoms. The predicted octanol–water partition coefficient (Wildman–Crippen LogP) is 2.20. The van der Waals surface area contributed by atoms with Crippen molar-refractivity contribution in [3.63, 3.8) is 0 Å². The molecule has 3 rings (SSSR count). The quantitative estimate of drug-likeness (QED) is 0.742. The maximum absolute atomic E-state index is 13.1. The molecule has 0 aliphatic carbocycles. The van der Waals surface area contributed by atoms with Crippen molar-refractivity contribution in [3.05, 3.63) is 58.3 Å². The molecule has 2 N–H and O–H groups in total. The fourth-order valence-electron chi connectivity index (χ4n) is 1.85. The monoisotopic (exact) mass is 364 g/mol. The number of hydrogen-bond acceptors (Lipinski definition) is 4. The fourth-order valence-corrected chi connectivity index (χ4v) is 2.22. The second kappa shape index (κ2) is 6.06. The Morgan fingerprint density at radius 3 is 3.05 bits per heavy atom. The number of aromatic nitrogens is 5. The number of carbonyl (C=O) groups excluding carboxylic acids is 1. The first-order chi connectivity index (χ1) is 10.6. The molecular weight excluding hydrogens is 355 g/mol. The van der Waals surface area contributed by atoms with Crippen molar-refractivity contribution in [2.24, 2.45) is 0 Å². The first kappa shape index (κ1) is 14.4. The summed E-state index contributed by atoms with van der Waals surface area (Å²) in [5.41, 5.74) is 1.03. The van der Waals surface area contributed by atoms with Gasteiger partial charge in [0.05, 0.1) is 17.2 Å². The molecule has 0 saturated carbocycles. The van der Waals surface area contributed by atoms with Crippen molar-refractivity contribution >= 4 is 27.8 Å². The summed E-state index contributed by atoms with van der Waals surface area (Å²) in [6.45, 7) is 0.356. The van der Waals surface area contributed by atoms with E-state index in [0.29, 0.717) is 11.0 Å². The van der Waals surface area contributed by atoms with Gasteiger partial charge in [0.25, 0.3) is 5.91 Å². The maximum atomic E-state index is 13.1. The van der Waals surface area contributed by atoms with E-state index in [1.54, 1.807) is 12.1 Å². The molecule has 0 unspecified atom stereocenters. The number of H-pyrrole nitrogens is 1. The Bertz CT molecular complexity index is 814. The van der Waals surface area contributed by atoms with Crippen LogP contribution >= 0.6 is 15.9 Å². The van der Waals surface area contributed by atoms with E-state index in [4.69, 9.17) is 0 Å². The summed E-state index contributed by atoms with van der Waals surface area (Å²) in [5, 5.41) is 13.0. The van der Waals surface area contributed by atoms with Crippen LogP contribution in [0.5, 0.6) is 0 Å². The minimum Gasteiger partial charge on any atom is -0.288 e. The zero-order valence-electron chi connectivity index (χ0n) is 11.1. The van der Waals surface area contributed by atoms with Gasteiger partial charge in [0, 0.05) is 0 Å². The first-order valence-corrected chi connectivity index (χ1v) is 7.05. The van der Waals surface area contributed by atoms with Crippen LogP contribution in [0.1, 0.15) is 16.1 Å². The number of nitrogens with one attached hydrogen (secondary N) is 2. The van der Waals surface area contributed by atoms with Gasteiger partial charge in [-0.1, -0.05) is 12.1 Å². The van der Waals surface area contributed by atoms with Gasteiger partial charge in [0.2, 0.25) is 5.95 Å². The van der Waals surface area contributed by atoms with E-state index in [1.165, 1.54) is 29.3 Å². The molecular formula is C13H10BrFN6O. The van der Waals surface area contributed by atoms with Crippen LogP contribution in [0.3, 0.4) is 0 Å². The number of hydrogen-bond donors (Lipinski definition) is 2. The van der Waals surface area contributed by atoms with Crippen LogP contribution in [-0.4, -0.2) is 30.9 Å². The van der Waals surface area contributed by atoms with Gasteiger partial charge in [-0.05, 0) is 33.6 Å². The van der Waals surface area contributed by atoms with Gasteiger partial charge in [0.1, 0.15) is 17.8 Å². The van der Waals surface area contributed by atoms with Gasteiger partial charge in [0.15, 0.2) is 0 Å². The lowest BCUT2D eigenvalue weighted by Crippen LogP contribution is -2.14. The number of amides is 1. The zero-order valence-corrected chi connectivity index (χ0v) is 12.7. The zero-order chi connectivity index (χ0) is 15.5. The van der Waals surface area contributed by atoms with E-state index in [9.17, 15) is 9.18 Å². The van der Waals surface area contributed by atoms with Crippen LogP contribution in [0.15, 0.2) is 41.3 Å². The molecule has 1 aromatic carbocycles. The van der Waals surface area contributed by atoms with Crippen molar-refractivity contribution in [2.75, 3.05) is 5.32 Å². The number of rotatable bonds is 4. The highest BCUT2D eigenvalue weighted by Crippen LogP contribution is 2.14. The molecule has 0 fully saturated rings. The van der Waals surface area contributed by atoms with Gasteiger partial charge in [-0.25, -0.2) is 14.1 Å². The lowest BCUT2D eigenvalue weighted by atomic mass is 10.2. The summed E-state index contributed by atoms with van der Waals surface area (Å²) in [7, 11) is 0. The van der Waals surface area contributed by atoms with Crippen LogP contribution in [0.4, 0.5) is 10.3 Å². The van der Waals surface area contributed by atoms with Crippen LogP contribution in [0, 0.1) is 5.82 Å². The third-order valence-corrected chi connectivity index (χ3v) is 3.42. The Hall–Kier alpha value is -2.55. The fraction of sp³-hybridized carbons (Fsp3) is 0.0769. The topological polar surface area (TPSA) is 88.5 Å². The number of anilines is 1. The molecule has 0 aliphatic rings. The predicted molar refractivity (Wildman–Crippen MR) is 79.8 cm³/mol. The number of aromatic amines is 1. The van der Waals surface area contributed by atoms with Crippen LogP contribution in [-0.2, 0) is 6.54 Å². The molecule has 3 aromatic rings. The van der Waals surface area contributed by atoms with Gasteiger partial charge >= 0.3 is 0 Å². The van der Waals surface area contributed by atoms with Crippen molar-refractivity contribution < 1.29 is 9.18 Å². The molecule has 1 amide bonds. The molecule has 0 atom stereocenters. The van der Waals surface area contributed by atoms with E-state index >= 15 is 0 Å². The standard InChI is InChI=1S/C13H10BrFN6O/c14-10-5-17-19-11(10)12(22)18-13-16-7-21(20-13)6-8-2-1-3-9(15)4-8/h1-5,7H,6H2,(H,17,19)(H,18,20,22). The van der Waals surface area contributed by atoms with Gasteiger partial charge in [-0.3, -0.25) is 15.2 Å². The third kappa shape index (κ3) is 3.19. The van der Waals surface area contributed by atoms with Crippen molar-refractivity contribution in [1.82, 2.24) is 25.0 Å². The van der Waals surface area contributed by atoms with E-state index in [1.807, 2.05) is 0 Å². The normalized spacial score (nSPS) is 10.6. The first-order valence-electron chi connectivity index (χ1n) is 6.26. The molecule has 0 radical (unpaired) electrons. The largest absolute Gasteiger partial charge is 0.288 e. The minimum absolute atomic E-state index is 0.155. The SMILES string of the molecule is O=C(Nc1ncn(Cc2cccc(F)c2)n1)c1[nH]ncc1Br. The Kier molecular flexibility index (Phi) is 3.96. The van der Waals surface area contributed by atoms with Gasteiger partial charge < -0.3 is 0 Å². The Labute approximate surface area is 132 Å². The number of carbonyl (C=O) groups is 1. The summed E-state index contributed by atoms with van der Waals surface area (Å²) >= 11 is 3.20. The lowest BCUT2D eigenvalue weighted by molar-refractivity contribution is 0.102. The Morgan fingerprint density at radius 2 is 2.32 bits per heavy atom. The Morgan fingerprint density at radius 1 is 1.45 bits per heavy atom. The van der Waals surface area contributed by atoms with Crippen molar-refractivity contribution in [3.8, 4) is 0 Å². The number of halogens is 2. The molecule has 9 heteroatoms. The molecule has 2 aromatic heterocycles. The molecule has 0 bridgehead atoms. The highest BCUT2D eigenvalue weighted by atomic mass is 79.9. The second-order valence-electron chi connectivity index (χ2n) is 4.44. The maximum Gasteiger partial charge on any atom is 0.277 e. The Balaban J connectivity index is 1.69. The summed E-state index contributed by atoms with van der Waals surface area (Å²) < 4.78 is 15.2. The highest BCUT2D eigenvalue weighted by Gasteiger charge is 2.14. The van der Waals surface area contributed by atoms with Gasteiger partial charge in [-0.15, -0.1) is 5.10 Å². The molecule has 112 valence electrons. The van der Waals surface area contributed by atoms with E-state index in [2.05, 4.69) is 41.5 Å². The van der Waals surface area contributed by atoms with Crippen LogP contribution in [0.2, 0.25) is 0 Å². The second-order valence-corrected chi connectivity index (χ2v) is 5.30. The third-order valence-electron chi connectivity index (χ3n) is 2.82. The van der Waals surface area contributed by atoms with Crippen molar-refractivity contribution in [1.29, 1.82) is 0 Å². The summed E-state index contributed by atoms with van der Waals surface area (Å²) in [6, 6.07) is 6.20. The van der Waals surface area contributed by atoms with E-state index in [-0.39, 0.29) is 17.5 Å².